The van der Waals surface area contributed by atoms with Gasteiger partial charge < -0.3 is 0 Å². The van der Waals surface area contributed by atoms with Crippen LogP contribution in [0.15, 0.2) is 16.7 Å². The van der Waals surface area contributed by atoms with E-state index in [0.29, 0.717) is 5.88 Å². The van der Waals surface area contributed by atoms with Crippen molar-refractivity contribution in [1.82, 2.24) is 4.98 Å². The molecule has 4 heteroatoms. The standard InChI is InChI=1S/C8H8BrCl2N/c1-5(11)6-2-3-8(9)12-7(6)4-10/h2-3,5H,4H2,1H3. The highest BCUT2D eigenvalue weighted by Crippen LogP contribution is 2.24. The summed E-state index contributed by atoms with van der Waals surface area (Å²) in [4.78, 5) is 4.21. The van der Waals surface area contributed by atoms with Gasteiger partial charge in [0.25, 0.3) is 0 Å². The summed E-state index contributed by atoms with van der Waals surface area (Å²) >= 11 is 14.9. The third-order valence-electron chi connectivity index (χ3n) is 1.53. The van der Waals surface area contributed by atoms with Crippen molar-refractivity contribution in [2.75, 3.05) is 0 Å². The number of rotatable bonds is 2. The minimum Gasteiger partial charge on any atom is -0.244 e. The first kappa shape index (κ1) is 10.3. The van der Waals surface area contributed by atoms with Crippen LogP contribution >= 0.6 is 39.1 Å². The van der Waals surface area contributed by atoms with Gasteiger partial charge in [-0.05, 0) is 34.5 Å². The van der Waals surface area contributed by atoms with Crippen LogP contribution in [-0.4, -0.2) is 4.98 Å². The van der Waals surface area contributed by atoms with E-state index in [0.717, 1.165) is 15.9 Å². The smallest absolute Gasteiger partial charge is 0.106 e. The van der Waals surface area contributed by atoms with E-state index in [9.17, 15) is 0 Å². The van der Waals surface area contributed by atoms with Crippen LogP contribution < -0.4 is 0 Å². The molecule has 0 saturated heterocycles. The lowest BCUT2D eigenvalue weighted by Crippen LogP contribution is -1.95. The lowest BCUT2D eigenvalue weighted by atomic mass is 10.1. The molecule has 0 amide bonds. The Morgan fingerprint density at radius 1 is 1.58 bits per heavy atom. The van der Waals surface area contributed by atoms with E-state index in [1.165, 1.54) is 0 Å². The molecule has 0 bridgehead atoms. The van der Waals surface area contributed by atoms with E-state index in [2.05, 4.69) is 20.9 Å². The second kappa shape index (κ2) is 4.45. The molecule has 1 aromatic rings. The zero-order chi connectivity index (χ0) is 9.14. The predicted octanol–water partition coefficient (Wildman–Crippen LogP) is 3.88. The van der Waals surface area contributed by atoms with Gasteiger partial charge in [0.2, 0.25) is 0 Å². The highest BCUT2D eigenvalue weighted by atomic mass is 79.9. The van der Waals surface area contributed by atoms with Crippen molar-refractivity contribution in [2.45, 2.75) is 18.2 Å². The first-order chi connectivity index (χ1) is 5.65. The fourth-order valence-corrected chi connectivity index (χ4v) is 1.71. The van der Waals surface area contributed by atoms with Crippen molar-refractivity contribution in [2.24, 2.45) is 0 Å². The minimum absolute atomic E-state index is 0.0423. The summed E-state index contributed by atoms with van der Waals surface area (Å²) in [6.07, 6.45) is 0. The van der Waals surface area contributed by atoms with E-state index < -0.39 is 0 Å². The lowest BCUT2D eigenvalue weighted by Gasteiger charge is -2.07. The molecule has 66 valence electrons. The van der Waals surface area contributed by atoms with Crippen molar-refractivity contribution in [3.8, 4) is 0 Å². The number of pyridine rings is 1. The Labute approximate surface area is 90.2 Å². The van der Waals surface area contributed by atoms with Crippen LogP contribution in [0.4, 0.5) is 0 Å². The minimum atomic E-state index is -0.0423. The highest BCUT2D eigenvalue weighted by molar-refractivity contribution is 9.10. The monoisotopic (exact) mass is 267 g/mol. The van der Waals surface area contributed by atoms with Crippen molar-refractivity contribution in [1.29, 1.82) is 0 Å². The van der Waals surface area contributed by atoms with Crippen molar-refractivity contribution < 1.29 is 0 Å². The summed E-state index contributed by atoms with van der Waals surface area (Å²) in [5, 5.41) is -0.0423. The summed E-state index contributed by atoms with van der Waals surface area (Å²) in [6.45, 7) is 1.91. The Morgan fingerprint density at radius 2 is 2.25 bits per heavy atom. The molecule has 0 N–H and O–H groups in total. The van der Waals surface area contributed by atoms with E-state index >= 15 is 0 Å². The molecule has 1 heterocycles. The molecule has 0 aliphatic carbocycles. The lowest BCUT2D eigenvalue weighted by molar-refractivity contribution is 0.993. The molecular formula is C8H8BrCl2N. The van der Waals surface area contributed by atoms with Crippen molar-refractivity contribution in [3.05, 3.63) is 28.0 Å². The molecule has 0 spiro atoms. The Kier molecular flexibility index (Phi) is 3.81. The van der Waals surface area contributed by atoms with Gasteiger partial charge >= 0.3 is 0 Å². The second-order valence-corrected chi connectivity index (χ2v) is 4.15. The van der Waals surface area contributed by atoms with Crippen LogP contribution in [0.5, 0.6) is 0 Å². The van der Waals surface area contributed by atoms with E-state index in [1.54, 1.807) is 0 Å². The Hall–Kier alpha value is 0.210. The zero-order valence-corrected chi connectivity index (χ0v) is 9.62. The fourth-order valence-electron chi connectivity index (χ4n) is 0.955. The maximum atomic E-state index is 5.93. The van der Waals surface area contributed by atoms with Gasteiger partial charge in [-0.25, -0.2) is 4.98 Å². The average molecular weight is 269 g/mol. The van der Waals surface area contributed by atoms with Gasteiger partial charge in [-0.1, -0.05) is 6.07 Å². The number of nitrogens with zero attached hydrogens (tertiary/aromatic N) is 1. The molecule has 0 aliphatic rings. The maximum absolute atomic E-state index is 5.93. The Balaban J connectivity index is 3.11. The summed E-state index contributed by atoms with van der Waals surface area (Å²) in [6, 6.07) is 3.80. The topological polar surface area (TPSA) is 12.9 Å². The van der Waals surface area contributed by atoms with Gasteiger partial charge in [0.05, 0.1) is 17.0 Å². The van der Waals surface area contributed by atoms with Crippen LogP contribution in [0.1, 0.15) is 23.6 Å². The van der Waals surface area contributed by atoms with Gasteiger partial charge in [0.15, 0.2) is 0 Å². The van der Waals surface area contributed by atoms with Gasteiger partial charge in [-0.3, -0.25) is 0 Å². The van der Waals surface area contributed by atoms with Gasteiger partial charge in [0.1, 0.15) is 4.60 Å². The molecule has 0 aliphatic heterocycles. The molecule has 0 aromatic carbocycles. The molecule has 1 rings (SSSR count). The van der Waals surface area contributed by atoms with E-state index in [1.807, 2.05) is 19.1 Å². The molecule has 0 fully saturated rings. The number of hydrogen-bond donors (Lipinski definition) is 0. The number of aromatic nitrogens is 1. The third-order valence-corrected chi connectivity index (χ3v) is 2.46. The molecule has 0 saturated carbocycles. The van der Waals surface area contributed by atoms with Crippen LogP contribution in [0, 0.1) is 0 Å². The predicted molar refractivity (Wildman–Crippen MR) is 55.8 cm³/mol. The van der Waals surface area contributed by atoms with E-state index in [-0.39, 0.29) is 5.38 Å². The largest absolute Gasteiger partial charge is 0.244 e. The summed E-state index contributed by atoms with van der Waals surface area (Å²) < 4.78 is 0.791. The van der Waals surface area contributed by atoms with Crippen molar-refractivity contribution in [3.63, 3.8) is 0 Å². The van der Waals surface area contributed by atoms with Crippen LogP contribution in [0.25, 0.3) is 0 Å². The summed E-state index contributed by atoms with van der Waals surface area (Å²) in [5.41, 5.74) is 1.84. The molecule has 1 atom stereocenters. The fraction of sp³-hybridized carbons (Fsp3) is 0.375. The highest BCUT2D eigenvalue weighted by Gasteiger charge is 2.08. The number of alkyl halides is 2. The third kappa shape index (κ3) is 2.35. The summed E-state index contributed by atoms with van der Waals surface area (Å²) in [5.74, 6) is 0.395. The molecular weight excluding hydrogens is 261 g/mol. The van der Waals surface area contributed by atoms with E-state index in [4.69, 9.17) is 23.2 Å². The maximum Gasteiger partial charge on any atom is 0.106 e. The molecule has 0 radical (unpaired) electrons. The molecule has 1 aromatic heterocycles. The number of halogens is 3. The first-order valence-corrected chi connectivity index (χ1v) is 5.27. The Bertz CT molecular complexity index is 276. The second-order valence-electron chi connectivity index (χ2n) is 2.42. The van der Waals surface area contributed by atoms with Crippen LogP contribution in [-0.2, 0) is 5.88 Å². The van der Waals surface area contributed by atoms with Gasteiger partial charge in [0, 0.05) is 0 Å². The molecule has 1 nitrogen and oxygen atoms in total. The number of hydrogen-bond acceptors (Lipinski definition) is 1. The average Bonchev–Trinajstić information content (AvgIpc) is 2.03. The quantitative estimate of drug-likeness (QED) is 0.586. The zero-order valence-electron chi connectivity index (χ0n) is 6.52. The normalized spacial score (nSPS) is 13.0. The SMILES string of the molecule is CC(Cl)c1ccc(Br)nc1CCl. The summed E-state index contributed by atoms with van der Waals surface area (Å²) in [7, 11) is 0. The van der Waals surface area contributed by atoms with Crippen LogP contribution in [0.2, 0.25) is 0 Å². The molecule has 1 unspecified atom stereocenters. The van der Waals surface area contributed by atoms with Crippen LogP contribution in [0.3, 0.4) is 0 Å². The first-order valence-electron chi connectivity index (χ1n) is 3.50. The van der Waals surface area contributed by atoms with Gasteiger partial charge in [-0.2, -0.15) is 0 Å². The van der Waals surface area contributed by atoms with Gasteiger partial charge in [-0.15, -0.1) is 23.2 Å². The van der Waals surface area contributed by atoms with Crippen molar-refractivity contribution >= 4 is 39.1 Å². The molecule has 12 heavy (non-hydrogen) atoms. The Morgan fingerprint density at radius 3 is 2.75 bits per heavy atom.